The van der Waals surface area contributed by atoms with Crippen molar-refractivity contribution in [3.8, 4) is 11.4 Å². The van der Waals surface area contributed by atoms with Crippen LogP contribution in [0.2, 0.25) is 0 Å². The molecule has 3 aliphatic carbocycles. The van der Waals surface area contributed by atoms with Gasteiger partial charge in [-0.3, -0.25) is 4.79 Å². The molecule has 1 amide bonds. The van der Waals surface area contributed by atoms with Crippen molar-refractivity contribution < 1.29 is 9.53 Å². The van der Waals surface area contributed by atoms with Crippen LogP contribution in [0, 0.1) is 30.6 Å². The fourth-order valence-electron chi connectivity index (χ4n) is 7.93. The first-order valence-corrected chi connectivity index (χ1v) is 14.8. The Hall–Kier alpha value is -3.39. The summed E-state index contributed by atoms with van der Waals surface area (Å²) < 4.78 is 9.88. The number of aromatic nitrogens is 4. The SMILES string of the molecule is Cc1c(-c2cc3ccc(N4CCOCC4)nc3n2CC2CC2)nn2cc(C(=O)N3CC4CC5CC3[C@H]54)ccc12. The Morgan fingerprint density at radius 1 is 1.08 bits per heavy atom. The van der Waals surface area contributed by atoms with Crippen LogP contribution in [-0.2, 0) is 11.3 Å². The summed E-state index contributed by atoms with van der Waals surface area (Å²) in [6.07, 6.45) is 7.03. The van der Waals surface area contributed by atoms with Crippen LogP contribution in [0.5, 0.6) is 0 Å². The molecular formula is C31H34N6O2. The van der Waals surface area contributed by atoms with E-state index < -0.39 is 0 Å². The van der Waals surface area contributed by atoms with Gasteiger partial charge in [0, 0.05) is 49.4 Å². The largest absolute Gasteiger partial charge is 0.378 e. The van der Waals surface area contributed by atoms with Crippen molar-refractivity contribution in [2.24, 2.45) is 23.7 Å². The van der Waals surface area contributed by atoms with Crippen molar-refractivity contribution >= 4 is 28.3 Å². The van der Waals surface area contributed by atoms with E-state index in [1.165, 1.54) is 25.7 Å². The maximum absolute atomic E-state index is 13.5. The molecule has 4 aromatic heterocycles. The highest BCUT2D eigenvalue weighted by Gasteiger charge is 2.61. The Morgan fingerprint density at radius 3 is 2.74 bits per heavy atom. The van der Waals surface area contributed by atoms with Crippen molar-refractivity contribution in [2.75, 3.05) is 37.7 Å². The summed E-state index contributed by atoms with van der Waals surface area (Å²) >= 11 is 0. The van der Waals surface area contributed by atoms with Gasteiger partial charge in [-0.2, -0.15) is 5.10 Å². The Balaban J connectivity index is 1.10. The monoisotopic (exact) mass is 522 g/mol. The molecule has 4 atom stereocenters. The molecule has 5 aliphatic rings. The van der Waals surface area contributed by atoms with Crippen LogP contribution in [0.25, 0.3) is 27.9 Å². The lowest BCUT2D eigenvalue weighted by Crippen LogP contribution is -2.53. The molecule has 0 aromatic carbocycles. The average Bonchev–Trinajstić information content (AvgIpc) is 3.62. The molecule has 4 aromatic rings. The zero-order valence-electron chi connectivity index (χ0n) is 22.4. The van der Waals surface area contributed by atoms with E-state index in [0.29, 0.717) is 12.0 Å². The summed E-state index contributed by atoms with van der Waals surface area (Å²) in [6.45, 7) is 7.31. The smallest absolute Gasteiger partial charge is 0.255 e. The Labute approximate surface area is 227 Å². The first-order valence-electron chi connectivity index (χ1n) is 14.8. The third kappa shape index (κ3) is 3.30. The number of carbonyl (C=O) groups excluding carboxylic acids is 1. The van der Waals surface area contributed by atoms with Gasteiger partial charge in [0.25, 0.3) is 5.91 Å². The topological polar surface area (TPSA) is 67.9 Å². The fraction of sp³-hybridized carbons (Fsp3) is 0.516. The van der Waals surface area contributed by atoms with Crippen molar-refractivity contribution in [1.29, 1.82) is 0 Å². The number of carbonyl (C=O) groups is 1. The zero-order valence-corrected chi connectivity index (χ0v) is 22.4. The standard InChI is InChI=1S/C31H34N6O2/c1-18-24-6-4-21(31(38)36-16-23-12-22-14-25(36)28(22)23)17-37(24)33-29(18)26-13-20-5-7-27(34-8-10-39-11-9-34)32-30(20)35(26)15-19-2-3-19/h4-7,13,17,19,22-23,25,28H,2-3,8-12,14-16H2,1H3/t22?,23?,25?,28-/m1/s1. The van der Waals surface area contributed by atoms with Gasteiger partial charge in [0.15, 0.2) is 0 Å². The number of pyridine rings is 2. The lowest BCUT2D eigenvalue weighted by atomic mass is 9.53. The van der Waals surface area contributed by atoms with Gasteiger partial charge < -0.3 is 19.1 Å². The normalized spacial score (nSPS) is 27.6. The highest BCUT2D eigenvalue weighted by Crippen LogP contribution is 2.60. The molecule has 0 bridgehead atoms. The number of ether oxygens (including phenoxy) is 1. The lowest BCUT2D eigenvalue weighted by molar-refractivity contribution is -0.0204. The Bertz CT molecular complexity index is 1640. The maximum atomic E-state index is 13.5. The molecule has 5 fully saturated rings. The number of amides is 1. The molecule has 200 valence electrons. The van der Waals surface area contributed by atoms with Crippen LogP contribution in [0.3, 0.4) is 0 Å². The van der Waals surface area contributed by atoms with Gasteiger partial charge in [0.05, 0.1) is 30.0 Å². The molecule has 3 unspecified atom stereocenters. The number of aryl methyl sites for hydroxylation is 1. The zero-order chi connectivity index (χ0) is 25.8. The van der Waals surface area contributed by atoms with Crippen LogP contribution >= 0.6 is 0 Å². The third-order valence-electron chi connectivity index (χ3n) is 10.3. The number of morpholine rings is 1. The second-order valence-corrected chi connectivity index (χ2v) is 12.6. The van der Waals surface area contributed by atoms with Crippen molar-refractivity contribution in [3.05, 3.63) is 47.7 Å². The summed E-state index contributed by atoms with van der Waals surface area (Å²) in [5.41, 5.74) is 6.08. The van der Waals surface area contributed by atoms with E-state index in [-0.39, 0.29) is 5.91 Å². The second-order valence-electron chi connectivity index (χ2n) is 12.6. The van der Waals surface area contributed by atoms with Crippen molar-refractivity contribution in [1.82, 2.24) is 24.1 Å². The molecule has 3 saturated carbocycles. The number of likely N-dealkylation sites (tertiary alicyclic amines) is 1. The Kier molecular flexibility index (Phi) is 4.64. The van der Waals surface area contributed by atoms with Gasteiger partial charge in [-0.1, -0.05) is 0 Å². The van der Waals surface area contributed by atoms with E-state index in [4.69, 9.17) is 14.8 Å². The van der Waals surface area contributed by atoms with Gasteiger partial charge in [-0.05, 0) is 86.6 Å². The fourth-order valence-corrected chi connectivity index (χ4v) is 7.93. The molecule has 39 heavy (non-hydrogen) atoms. The van der Waals surface area contributed by atoms with E-state index >= 15 is 0 Å². The molecule has 0 radical (unpaired) electrons. The number of hydrogen-bond acceptors (Lipinski definition) is 5. The van der Waals surface area contributed by atoms with E-state index in [1.807, 2.05) is 16.8 Å². The van der Waals surface area contributed by atoms with Crippen molar-refractivity contribution in [3.63, 3.8) is 0 Å². The summed E-state index contributed by atoms with van der Waals surface area (Å²) in [7, 11) is 0. The molecule has 8 heteroatoms. The van der Waals surface area contributed by atoms with Gasteiger partial charge in [0.1, 0.15) is 17.2 Å². The second kappa shape index (κ2) is 8.07. The van der Waals surface area contributed by atoms with Crippen LogP contribution in [0.1, 0.15) is 41.6 Å². The molecule has 2 aliphatic heterocycles. The number of nitrogens with zero attached hydrogens (tertiary/aromatic N) is 6. The number of rotatable bonds is 5. The predicted molar refractivity (Wildman–Crippen MR) is 149 cm³/mol. The van der Waals surface area contributed by atoms with Crippen LogP contribution in [-0.4, -0.2) is 68.9 Å². The van der Waals surface area contributed by atoms with Gasteiger partial charge in [-0.25, -0.2) is 9.50 Å². The molecule has 0 N–H and O–H groups in total. The molecular weight excluding hydrogens is 488 g/mol. The number of fused-ring (bicyclic) bond motifs is 2. The van der Waals surface area contributed by atoms with E-state index in [2.05, 4.69) is 45.6 Å². The first kappa shape index (κ1) is 22.4. The molecule has 8 nitrogen and oxygen atoms in total. The summed E-state index contributed by atoms with van der Waals surface area (Å²) in [5.74, 6) is 4.31. The van der Waals surface area contributed by atoms with Gasteiger partial charge in [-0.15, -0.1) is 0 Å². The molecule has 2 saturated heterocycles. The van der Waals surface area contributed by atoms with Gasteiger partial charge >= 0.3 is 0 Å². The summed E-state index contributed by atoms with van der Waals surface area (Å²) in [4.78, 5) is 23.2. The van der Waals surface area contributed by atoms with E-state index in [0.717, 1.165) is 102 Å². The molecule has 6 heterocycles. The number of anilines is 1. The quantitative estimate of drug-likeness (QED) is 0.389. The van der Waals surface area contributed by atoms with Gasteiger partial charge in [0.2, 0.25) is 0 Å². The van der Waals surface area contributed by atoms with Crippen LogP contribution in [0.4, 0.5) is 5.82 Å². The summed E-state index contributed by atoms with van der Waals surface area (Å²) in [6, 6.07) is 11.2. The highest BCUT2D eigenvalue weighted by molar-refractivity contribution is 5.95. The first-order chi connectivity index (χ1) is 19.1. The summed E-state index contributed by atoms with van der Waals surface area (Å²) in [5, 5.41) is 6.24. The third-order valence-corrected chi connectivity index (χ3v) is 10.3. The maximum Gasteiger partial charge on any atom is 0.255 e. The lowest BCUT2D eigenvalue weighted by Gasteiger charge is -2.52. The predicted octanol–water partition coefficient (Wildman–Crippen LogP) is 4.39. The Morgan fingerprint density at radius 2 is 1.95 bits per heavy atom. The average molecular weight is 523 g/mol. The molecule has 0 spiro atoms. The minimum Gasteiger partial charge on any atom is -0.378 e. The number of hydrogen-bond donors (Lipinski definition) is 0. The van der Waals surface area contributed by atoms with Crippen LogP contribution in [0.15, 0.2) is 36.5 Å². The minimum atomic E-state index is 0.173. The van der Waals surface area contributed by atoms with Crippen molar-refractivity contribution in [2.45, 2.75) is 45.2 Å². The van der Waals surface area contributed by atoms with Crippen LogP contribution < -0.4 is 4.90 Å². The molecule has 9 rings (SSSR count). The van der Waals surface area contributed by atoms with E-state index in [1.54, 1.807) is 0 Å². The van der Waals surface area contributed by atoms with E-state index in [9.17, 15) is 4.79 Å². The highest BCUT2D eigenvalue weighted by atomic mass is 16.5. The minimum absolute atomic E-state index is 0.173.